The average Bonchev–Trinajstić information content (AvgIpc) is 2.69. The summed E-state index contributed by atoms with van der Waals surface area (Å²) >= 11 is 1.57. The molecule has 0 N–H and O–H groups in total. The lowest BCUT2D eigenvalue weighted by atomic mass is 10.5. The molecule has 0 fully saturated rings. The van der Waals surface area contributed by atoms with E-state index in [1.54, 1.807) is 23.7 Å². The van der Waals surface area contributed by atoms with Crippen LogP contribution in [0.3, 0.4) is 0 Å². The van der Waals surface area contributed by atoms with Crippen molar-refractivity contribution in [3.8, 4) is 5.75 Å². The minimum atomic E-state index is 0.486. The summed E-state index contributed by atoms with van der Waals surface area (Å²) in [5, 5.41) is 2.88. The van der Waals surface area contributed by atoms with Crippen molar-refractivity contribution in [2.24, 2.45) is 0 Å². The highest BCUT2D eigenvalue weighted by Crippen LogP contribution is 2.10. The first-order valence-electron chi connectivity index (χ1n) is 3.79. The van der Waals surface area contributed by atoms with Crippen LogP contribution in [0.15, 0.2) is 29.9 Å². The second-order valence-electron chi connectivity index (χ2n) is 2.33. The van der Waals surface area contributed by atoms with Crippen LogP contribution in [0, 0.1) is 6.20 Å². The monoisotopic (exact) mass is 191 g/mol. The van der Waals surface area contributed by atoms with E-state index in [-0.39, 0.29) is 0 Å². The molecule has 0 aliphatic heterocycles. The van der Waals surface area contributed by atoms with E-state index < -0.39 is 0 Å². The zero-order chi connectivity index (χ0) is 8.93. The van der Waals surface area contributed by atoms with Gasteiger partial charge >= 0.3 is 0 Å². The maximum atomic E-state index is 5.38. The molecule has 65 valence electrons. The van der Waals surface area contributed by atoms with Gasteiger partial charge in [-0.1, -0.05) is 0 Å². The SMILES string of the molecule is [c]1ncccc1OCc1nccs1. The van der Waals surface area contributed by atoms with Gasteiger partial charge in [0.25, 0.3) is 0 Å². The summed E-state index contributed by atoms with van der Waals surface area (Å²) in [7, 11) is 0. The van der Waals surface area contributed by atoms with E-state index in [4.69, 9.17) is 4.74 Å². The number of ether oxygens (including phenoxy) is 1. The van der Waals surface area contributed by atoms with Crippen molar-refractivity contribution in [2.45, 2.75) is 6.61 Å². The standard InChI is InChI=1S/C9H7N2OS/c1-2-8(6-10-3-1)12-7-9-11-4-5-13-9/h1-5H,7H2. The summed E-state index contributed by atoms with van der Waals surface area (Å²) in [4.78, 5) is 7.91. The molecule has 2 aromatic heterocycles. The van der Waals surface area contributed by atoms with Crippen LogP contribution < -0.4 is 4.74 Å². The normalized spacial score (nSPS) is 9.85. The molecule has 0 bridgehead atoms. The molecule has 13 heavy (non-hydrogen) atoms. The number of rotatable bonds is 3. The van der Waals surface area contributed by atoms with Gasteiger partial charge in [0.05, 0.1) is 0 Å². The van der Waals surface area contributed by atoms with Gasteiger partial charge in [0.1, 0.15) is 23.6 Å². The van der Waals surface area contributed by atoms with Crippen LogP contribution in [-0.4, -0.2) is 9.97 Å². The van der Waals surface area contributed by atoms with Gasteiger partial charge in [-0.05, 0) is 12.1 Å². The third kappa shape index (κ3) is 2.26. The predicted molar refractivity (Wildman–Crippen MR) is 49.5 cm³/mol. The largest absolute Gasteiger partial charge is 0.484 e. The van der Waals surface area contributed by atoms with Gasteiger partial charge < -0.3 is 4.74 Å². The third-order valence-electron chi connectivity index (χ3n) is 1.42. The summed E-state index contributed by atoms with van der Waals surface area (Å²) < 4.78 is 5.38. The first-order valence-corrected chi connectivity index (χ1v) is 4.67. The molecular formula is C9H7N2OS. The molecule has 2 rings (SSSR count). The summed E-state index contributed by atoms with van der Waals surface area (Å²) in [6.07, 6.45) is 6.16. The topological polar surface area (TPSA) is 35.0 Å². The van der Waals surface area contributed by atoms with E-state index in [1.807, 2.05) is 17.5 Å². The van der Waals surface area contributed by atoms with Gasteiger partial charge in [0.15, 0.2) is 0 Å². The Morgan fingerprint density at radius 2 is 2.46 bits per heavy atom. The quantitative estimate of drug-likeness (QED) is 0.743. The molecule has 2 heterocycles. The highest BCUT2D eigenvalue weighted by Gasteiger charge is 1.96. The van der Waals surface area contributed by atoms with Crippen molar-refractivity contribution < 1.29 is 4.74 Å². The smallest absolute Gasteiger partial charge is 0.147 e. The van der Waals surface area contributed by atoms with Crippen LogP contribution in [0.4, 0.5) is 0 Å². The Hall–Kier alpha value is -1.42. The van der Waals surface area contributed by atoms with E-state index >= 15 is 0 Å². The minimum absolute atomic E-state index is 0.486. The zero-order valence-corrected chi connectivity index (χ0v) is 7.62. The maximum Gasteiger partial charge on any atom is 0.147 e. The molecule has 3 nitrogen and oxygen atoms in total. The summed E-state index contributed by atoms with van der Waals surface area (Å²) in [6.45, 7) is 0.486. The number of nitrogens with zero attached hydrogens (tertiary/aromatic N) is 2. The zero-order valence-electron chi connectivity index (χ0n) is 6.80. The van der Waals surface area contributed by atoms with Crippen molar-refractivity contribution in [2.75, 3.05) is 0 Å². The lowest BCUT2D eigenvalue weighted by molar-refractivity contribution is 0.303. The van der Waals surface area contributed by atoms with Crippen LogP contribution in [0.5, 0.6) is 5.75 Å². The van der Waals surface area contributed by atoms with Gasteiger partial charge in [-0.25, -0.2) is 4.98 Å². The Bertz CT molecular complexity index is 347. The van der Waals surface area contributed by atoms with Crippen molar-refractivity contribution >= 4 is 11.3 Å². The molecule has 0 saturated heterocycles. The van der Waals surface area contributed by atoms with Crippen LogP contribution in [-0.2, 0) is 6.61 Å². The van der Waals surface area contributed by atoms with E-state index in [9.17, 15) is 0 Å². The fraction of sp³-hybridized carbons (Fsp3) is 0.111. The summed E-state index contributed by atoms with van der Waals surface area (Å²) in [5.41, 5.74) is 0. The molecule has 0 amide bonds. The van der Waals surface area contributed by atoms with E-state index in [0.29, 0.717) is 12.4 Å². The molecular weight excluding hydrogens is 184 g/mol. The lowest BCUT2D eigenvalue weighted by Gasteiger charge is -2.00. The maximum absolute atomic E-state index is 5.38. The summed E-state index contributed by atoms with van der Waals surface area (Å²) in [5.74, 6) is 0.651. The van der Waals surface area contributed by atoms with Gasteiger partial charge in [-0.2, -0.15) is 0 Å². The van der Waals surface area contributed by atoms with Crippen molar-refractivity contribution in [1.29, 1.82) is 0 Å². The minimum Gasteiger partial charge on any atom is -0.484 e. The first-order chi connectivity index (χ1) is 6.45. The van der Waals surface area contributed by atoms with Crippen molar-refractivity contribution in [1.82, 2.24) is 9.97 Å². The molecule has 0 saturated carbocycles. The van der Waals surface area contributed by atoms with Crippen LogP contribution in [0.25, 0.3) is 0 Å². The van der Waals surface area contributed by atoms with E-state index in [1.165, 1.54) is 0 Å². The van der Waals surface area contributed by atoms with E-state index in [2.05, 4.69) is 16.2 Å². The average molecular weight is 191 g/mol. The Labute approximate surface area is 80.0 Å². The van der Waals surface area contributed by atoms with Crippen molar-refractivity contribution in [3.63, 3.8) is 0 Å². The van der Waals surface area contributed by atoms with Crippen LogP contribution in [0.2, 0.25) is 0 Å². The Kier molecular flexibility index (Phi) is 2.52. The number of pyridine rings is 1. The molecule has 0 atom stereocenters. The first kappa shape index (κ1) is 8.19. The molecule has 0 aromatic carbocycles. The number of hydrogen-bond donors (Lipinski definition) is 0. The fourth-order valence-corrected chi connectivity index (χ4v) is 1.38. The number of thiazole rings is 1. The lowest BCUT2D eigenvalue weighted by Crippen LogP contribution is -1.94. The van der Waals surface area contributed by atoms with Gasteiger partial charge in [-0.15, -0.1) is 11.3 Å². The highest BCUT2D eigenvalue weighted by molar-refractivity contribution is 7.09. The molecule has 2 aromatic rings. The molecule has 1 radical (unpaired) electrons. The fourth-order valence-electron chi connectivity index (χ4n) is 0.856. The molecule has 0 spiro atoms. The second-order valence-corrected chi connectivity index (χ2v) is 3.31. The highest BCUT2D eigenvalue weighted by atomic mass is 32.1. The third-order valence-corrected chi connectivity index (χ3v) is 2.17. The Morgan fingerprint density at radius 1 is 1.46 bits per heavy atom. The Morgan fingerprint density at radius 3 is 3.15 bits per heavy atom. The van der Waals surface area contributed by atoms with Gasteiger partial charge in [0, 0.05) is 17.8 Å². The van der Waals surface area contributed by atoms with Crippen LogP contribution >= 0.6 is 11.3 Å². The molecule has 0 aliphatic rings. The summed E-state index contributed by atoms with van der Waals surface area (Å²) in [6, 6.07) is 3.63. The molecule has 0 unspecified atom stereocenters. The number of aromatic nitrogens is 2. The van der Waals surface area contributed by atoms with Crippen molar-refractivity contribution in [3.05, 3.63) is 41.1 Å². The van der Waals surface area contributed by atoms with Gasteiger partial charge in [0.2, 0.25) is 0 Å². The second kappa shape index (κ2) is 4.00. The Balaban J connectivity index is 1.94. The molecule has 0 aliphatic carbocycles. The van der Waals surface area contributed by atoms with Crippen LogP contribution in [0.1, 0.15) is 5.01 Å². The molecule has 4 heteroatoms. The predicted octanol–water partition coefficient (Wildman–Crippen LogP) is 1.92. The van der Waals surface area contributed by atoms with Gasteiger partial charge in [-0.3, -0.25) is 4.98 Å². The number of hydrogen-bond acceptors (Lipinski definition) is 4. The van der Waals surface area contributed by atoms with E-state index in [0.717, 1.165) is 5.01 Å².